The number of furan rings is 1. The SMILES string of the molecule is CCOC(=O)c1c(C)oc2ncn(CC(O)COc3ccc(CC#N)cc3)c(=O)c12. The lowest BCUT2D eigenvalue weighted by Gasteiger charge is -2.14. The van der Waals surface area contributed by atoms with E-state index < -0.39 is 17.6 Å². The normalized spacial score (nSPS) is 11.8. The molecule has 0 amide bonds. The van der Waals surface area contributed by atoms with E-state index in [1.165, 1.54) is 10.9 Å². The Labute approximate surface area is 172 Å². The van der Waals surface area contributed by atoms with Gasteiger partial charge in [-0.05, 0) is 31.5 Å². The maximum absolute atomic E-state index is 12.9. The van der Waals surface area contributed by atoms with Crippen LogP contribution in [-0.4, -0.2) is 39.9 Å². The summed E-state index contributed by atoms with van der Waals surface area (Å²) in [6, 6.07) is 9.02. The third-order valence-electron chi connectivity index (χ3n) is 4.39. The minimum absolute atomic E-state index is 0.0228. The first kappa shape index (κ1) is 21.1. The van der Waals surface area contributed by atoms with Crippen LogP contribution in [0.5, 0.6) is 5.75 Å². The van der Waals surface area contributed by atoms with Crippen LogP contribution < -0.4 is 10.3 Å². The number of rotatable bonds is 8. The lowest BCUT2D eigenvalue weighted by Crippen LogP contribution is -2.30. The third kappa shape index (κ3) is 4.50. The van der Waals surface area contributed by atoms with Crippen molar-refractivity contribution in [2.24, 2.45) is 0 Å². The molecule has 0 aliphatic carbocycles. The molecular formula is C21H21N3O6. The summed E-state index contributed by atoms with van der Waals surface area (Å²) in [6.45, 7) is 3.24. The number of esters is 1. The fourth-order valence-corrected chi connectivity index (χ4v) is 2.98. The molecule has 1 unspecified atom stereocenters. The van der Waals surface area contributed by atoms with Crippen LogP contribution in [0.15, 0.2) is 39.8 Å². The fourth-order valence-electron chi connectivity index (χ4n) is 2.98. The van der Waals surface area contributed by atoms with Gasteiger partial charge in [-0.2, -0.15) is 5.26 Å². The number of ether oxygens (including phenoxy) is 2. The van der Waals surface area contributed by atoms with E-state index in [9.17, 15) is 14.7 Å². The summed E-state index contributed by atoms with van der Waals surface area (Å²) in [5, 5.41) is 19.0. The Morgan fingerprint density at radius 2 is 2.10 bits per heavy atom. The van der Waals surface area contributed by atoms with Crippen molar-refractivity contribution in [3.05, 3.63) is 57.8 Å². The van der Waals surface area contributed by atoms with E-state index in [4.69, 9.17) is 19.2 Å². The predicted octanol–water partition coefficient (Wildman–Crippen LogP) is 1.98. The van der Waals surface area contributed by atoms with Crippen molar-refractivity contribution in [2.45, 2.75) is 32.9 Å². The van der Waals surface area contributed by atoms with Crippen LogP contribution in [0.2, 0.25) is 0 Å². The second-order valence-corrected chi connectivity index (χ2v) is 6.58. The third-order valence-corrected chi connectivity index (χ3v) is 4.39. The molecule has 0 aliphatic heterocycles. The van der Waals surface area contributed by atoms with E-state index in [-0.39, 0.29) is 42.2 Å². The zero-order valence-electron chi connectivity index (χ0n) is 16.6. The van der Waals surface area contributed by atoms with Crippen molar-refractivity contribution in [1.29, 1.82) is 5.26 Å². The molecule has 2 aromatic heterocycles. The van der Waals surface area contributed by atoms with Crippen molar-refractivity contribution in [1.82, 2.24) is 9.55 Å². The second kappa shape index (κ2) is 9.24. The molecule has 9 heteroatoms. The van der Waals surface area contributed by atoms with E-state index in [1.807, 2.05) is 0 Å². The van der Waals surface area contributed by atoms with Crippen LogP contribution in [0.1, 0.15) is 28.6 Å². The van der Waals surface area contributed by atoms with Gasteiger partial charge in [0, 0.05) is 0 Å². The molecule has 0 fully saturated rings. The lowest BCUT2D eigenvalue weighted by atomic mass is 10.2. The summed E-state index contributed by atoms with van der Waals surface area (Å²) in [4.78, 5) is 29.1. The van der Waals surface area contributed by atoms with Gasteiger partial charge in [0.05, 0.1) is 25.6 Å². The number of aliphatic hydroxyl groups excluding tert-OH is 1. The molecule has 3 aromatic rings. The number of aromatic nitrogens is 2. The Morgan fingerprint density at radius 3 is 2.77 bits per heavy atom. The second-order valence-electron chi connectivity index (χ2n) is 6.58. The Balaban J connectivity index is 1.74. The molecule has 1 atom stereocenters. The van der Waals surface area contributed by atoms with Gasteiger partial charge in [0.25, 0.3) is 5.56 Å². The Bertz CT molecular complexity index is 1140. The summed E-state index contributed by atoms with van der Waals surface area (Å²) in [5.74, 6) is 0.121. The van der Waals surface area contributed by atoms with E-state index in [0.29, 0.717) is 12.2 Å². The van der Waals surface area contributed by atoms with Gasteiger partial charge in [-0.1, -0.05) is 12.1 Å². The Morgan fingerprint density at radius 1 is 1.37 bits per heavy atom. The largest absolute Gasteiger partial charge is 0.491 e. The van der Waals surface area contributed by atoms with E-state index >= 15 is 0 Å². The summed E-state index contributed by atoms with van der Waals surface area (Å²) in [7, 11) is 0. The number of fused-ring (bicyclic) bond motifs is 1. The molecule has 3 rings (SSSR count). The first-order valence-corrected chi connectivity index (χ1v) is 9.37. The standard InChI is InChI=1S/C21H21N3O6/c1-3-28-21(27)17-13(2)30-19-18(17)20(26)24(12-23-19)10-15(25)11-29-16-6-4-14(5-7-16)8-9-22/h4-7,12,15,25H,3,8,10-11H2,1-2H3. The zero-order chi connectivity index (χ0) is 21.7. The monoisotopic (exact) mass is 411 g/mol. The van der Waals surface area contributed by atoms with Crippen molar-refractivity contribution < 1.29 is 23.8 Å². The maximum Gasteiger partial charge on any atom is 0.342 e. The molecule has 9 nitrogen and oxygen atoms in total. The van der Waals surface area contributed by atoms with Crippen LogP contribution >= 0.6 is 0 Å². The minimum atomic E-state index is -1.00. The van der Waals surface area contributed by atoms with E-state index in [0.717, 1.165) is 5.56 Å². The Hall–Kier alpha value is -3.64. The molecule has 156 valence electrons. The van der Waals surface area contributed by atoms with E-state index in [2.05, 4.69) is 11.1 Å². The van der Waals surface area contributed by atoms with Gasteiger partial charge in [-0.15, -0.1) is 0 Å². The summed E-state index contributed by atoms with van der Waals surface area (Å²) >= 11 is 0. The molecule has 0 saturated carbocycles. The van der Waals surface area contributed by atoms with Gasteiger partial charge in [0.2, 0.25) is 5.71 Å². The van der Waals surface area contributed by atoms with Crippen molar-refractivity contribution in [3.8, 4) is 11.8 Å². The first-order valence-electron chi connectivity index (χ1n) is 9.37. The average Bonchev–Trinajstić information content (AvgIpc) is 3.07. The highest BCUT2D eigenvalue weighted by atomic mass is 16.5. The highest BCUT2D eigenvalue weighted by molar-refractivity contribution is 6.03. The number of aryl methyl sites for hydroxylation is 1. The van der Waals surface area contributed by atoms with Crippen LogP contribution in [0.3, 0.4) is 0 Å². The van der Waals surface area contributed by atoms with Gasteiger partial charge >= 0.3 is 5.97 Å². The van der Waals surface area contributed by atoms with Crippen LogP contribution in [0, 0.1) is 18.3 Å². The zero-order valence-corrected chi connectivity index (χ0v) is 16.6. The average molecular weight is 411 g/mol. The predicted molar refractivity (Wildman–Crippen MR) is 106 cm³/mol. The number of hydrogen-bond acceptors (Lipinski definition) is 8. The minimum Gasteiger partial charge on any atom is -0.491 e. The van der Waals surface area contributed by atoms with Gasteiger partial charge in [0.15, 0.2) is 0 Å². The molecule has 0 saturated heterocycles. The highest BCUT2D eigenvalue weighted by Crippen LogP contribution is 2.21. The smallest absolute Gasteiger partial charge is 0.342 e. The maximum atomic E-state index is 12.9. The number of benzene rings is 1. The van der Waals surface area contributed by atoms with Gasteiger partial charge in [-0.25, -0.2) is 9.78 Å². The fraction of sp³-hybridized carbons (Fsp3) is 0.333. The van der Waals surface area contributed by atoms with Crippen molar-refractivity contribution in [2.75, 3.05) is 13.2 Å². The topological polar surface area (TPSA) is 128 Å². The summed E-state index contributed by atoms with van der Waals surface area (Å²) in [5.41, 5.74) is 0.436. The van der Waals surface area contributed by atoms with Gasteiger partial charge in [-0.3, -0.25) is 9.36 Å². The van der Waals surface area contributed by atoms with Crippen LogP contribution in [0.25, 0.3) is 11.1 Å². The van der Waals surface area contributed by atoms with Gasteiger partial charge in [0.1, 0.15) is 41.5 Å². The number of nitrogens with zero attached hydrogens (tertiary/aromatic N) is 3. The number of hydrogen-bond donors (Lipinski definition) is 1. The molecule has 30 heavy (non-hydrogen) atoms. The number of nitriles is 1. The molecule has 1 N–H and O–H groups in total. The van der Waals surface area contributed by atoms with E-state index in [1.54, 1.807) is 38.1 Å². The number of carbonyl (C=O) groups is 1. The number of carbonyl (C=O) groups excluding carboxylic acids is 1. The highest BCUT2D eigenvalue weighted by Gasteiger charge is 2.24. The Kier molecular flexibility index (Phi) is 6.49. The van der Waals surface area contributed by atoms with Gasteiger partial charge < -0.3 is 19.0 Å². The molecular weight excluding hydrogens is 390 g/mol. The van der Waals surface area contributed by atoms with Crippen molar-refractivity contribution >= 4 is 17.1 Å². The van der Waals surface area contributed by atoms with Crippen LogP contribution in [-0.2, 0) is 17.7 Å². The molecule has 1 aromatic carbocycles. The summed E-state index contributed by atoms with van der Waals surface area (Å²) < 4.78 is 17.1. The molecule has 0 radical (unpaired) electrons. The van der Waals surface area contributed by atoms with Crippen molar-refractivity contribution in [3.63, 3.8) is 0 Å². The lowest BCUT2D eigenvalue weighted by molar-refractivity contribution is 0.0526. The molecule has 0 bridgehead atoms. The summed E-state index contributed by atoms with van der Waals surface area (Å²) in [6.07, 6.45) is 0.560. The molecule has 0 aliphatic rings. The molecule has 0 spiro atoms. The number of aliphatic hydroxyl groups is 1. The first-order chi connectivity index (χ1) is 14.4. The van der Waals surface area contributed by atoms with Crippen LogP contribution in [0.4, 0.5) is 0 Å². The molecule has 2 heterocycles. The quantitative estimate of drug-likeness (QED) is 0.557.